The Balaban J connectivity index is 2.14. The summed E-state index contributed by atoms with van der Waals surface area (Å²) in [6.07, 6.45) is 0. The molecule has 2 aromatic heterocycles. The third kappa shape index (κ3) is 3.41. The predicted molar refractivity (Wildman–Crippen MR) is 70.1 cm³/mol. The van der Waals surface area contributed by atoms with Gasteiger partial charge in [0.1, 0.15) is 5.75 Å². The van der Waals surface area contributed by atoms with Crippen LogP contribution < -0.4 is 0 Å². The van der Waals surface area contributed by atoms with Crippen molar-refractivity contribution in [1.29, 1.82) is 0 Å². The second-order valence-electron chi connectivity index (χ2n) is 3.54. The van der Waals surface area contributed by atoms with Crippen LogP contribution in [0.5, 0.6) is 0 Å². The molecule has 0 bridgehead atoms. The monoisotopic (exact) mass is 304 g/mol. The minimum Gasteiger partial charge on any atom is -0.338 e. The molecule has 0 unspecified atom stereocenters. The number of sulfone groups is 1. The standard InChI is InChI=1S/C10H9ClN2O3S2/c1-7(11)5-18(14,15)6-9-12-10(13-16-9)8-3-2-4-17-8/h2-4H,1,5-6H2. The Labute approximate surface area is 113 Å². The first kappa shape index (κ1) is 13.3. The van der Waals surface area contributed by atoms with Crippen LogP contribution in [0.2, 0.25) is 0 Å². The van der Waals surface area contributed by atoms with E-state index in [2.05, 4.69) is 16.7 Å². The first-order valence-electron chi connectivity index (χ1n) is 4.86. The average molecular weight is 305 g/mol. The molecule has 18 heavy (non-hydrogen) atoms. The zero-order chi connectivity index (χ0) is 13.2. The van der Waals surface area contributed by atoms with E-state index in [4.69, 9.17) is 16.1 Å². The van der Waals surface area contributed by atoms with Gasteiger partial charge in [-0.15, -0.1) is 11.3 Å². The van der Waals surface area contributed by atoms with Crippen LogP contribution in [-0.4, -0.2) is 24.3 Å². The molecule has 96 valence electrons. The van der Waals surface area contributed by atoms with Crippen LogP contribution in [0.1, 0.15) is 5.89 Å². The maximum Gasteiger partial charge on any atom is 0.242 e. The largest absolute Gasteiger partial charge is 0.338 e. The third-order valence-electron chi connectivity index (χ3n) is 1.93. The van der Waals surface area contributed by atoms with E-state index < -0.39 is 9.84 Å². The smallest absolute Gasteiger partial charge is 0.242 e. The van der Waals surface area contributed by atoms with Gasteiger partial charge >= 0.3 is 0 Å². The molecule has 2 aromatic rings. The quantitative estimate of drug-likeness (QED) is 0.848. The second-order valence-corrected chi connectivity index (χ2v) is 7.09. The molecule has 0 aliphatic rings. The van der Waals surface area contributed by atoms with Gasteiger partial charge in [0.2, 0.25) is 11.7 Å². The fraction of sp³-hybridized carbons (Fsp3) is 0.200. The van der Waals surface area contributed by atoms with Gasteiger partial charge in [0.05, 0.1) is 10.6 Å². The molecule has 0 amide bonds. The maximum atomic E-state index is 11.6. The van der Waals surface area contributed by atoms with Crippen molar-refractivity contribution in [2.75, 3.05) is 5.75 Å². The lowest BCUT2D eigenvalue weighted by Crippen LogP contribution is -2.09. The van der Waals surface area contributed by atoms with Gasteiger partial charge in [-0.05, 0) is 11.4 Å². The van der Waals surface area contributed by atoms with Crippen molar-refractivity contribution in [3.63, 3.8) is 0 Å². The lowest BCUT2D eigenvalue weighted by molar-refractivity contribution is 0.389. The van der Waals surface area contributed by atoms with E-state index in [-0.39, 0.29) is 22.4 Å². The van der Waals surface area contributed by atoms with Crippen molar-refractivity contribution >= 4 is 32.8 Å². The summed E-state index contributed by atoms with van der Waals surface area (Å²) in [6, 6.07) is 3.68. The lowest BCUT2D eigenvalue weighted by Gasteiger charge is -1.97. The minimum atomic E-state index is -3.41. The number of rotatable bonds is 5. The van der Waals surface area contributed by atoms with Crippen LogP contribution in [-0.2, 0) is 15.6 Å². The van der Waals surface area contributed by atoms with E-state index in [9.17, 15) is 8.42 Å². The summed E-state index contributed by atoms with van der Waals surface area (Å²) in [5.41, 5.74) is 0. The Morgan fingerprint density at radius 3 is 2.94 bits per heavy atom. The Kier molecular flexibility index (Phi) is 3.84. The topological polar surface area (TPSA) is 73.1 Å². The summed E-state index contributed by atoms with van der Waals surface area (Å²) in [5.74, 6) is -0.196. The Bertz CT molecular complexity index is 646. The van der Waals surface area contributed by atoms with Gasteiger partial charge in [-0.1, -0.05) is 29.4 Å². The highest BCUT2D eigenvalue weighted by molar-refractivity contribution is 7.90. The number of thiophene rings is 1. The molecule has 2 rings (SSSR count). The molecule has 0 atom stereocenters. The van der Waals surface area contributed by atoms with Crippen LogP contribution in [0.25, 0.3) is 10.7 Å². The molecule has 0 aromatic carbocycles. The van der Waals surface area contributed by atoms with E-state index >= 15 is 0 Å². The van der Waals surface area contributed by atoms with Crippen molar-refractivity contribution in [1.82, 2.24) is 10.1 Å². The van der Waals surface area contributed by atoms with E-state index in [1.54, 1.807) is 0 Å². The Hall–Kier alpha value is -1.18. The zero-order valence-corrected chi connectivity index (χ0v) is 11.6. The summed E-state index contributed by atoms with van der Waals surface area (Å²) in [7, 11) is -3.41. The Morgan fingerprint density at radius 2 is 2.33 bits per heavy atom. The van der Waals surface area contributed by atoms with Crippen LogP contribution in [0, 0.1) is 0 Å². The summed E-state index contributed by atoms with van der Waals surface area (Å²) >= 11 is 6.92. The summed E-state index contributed by atoms with van der Waals surface area (Å²) in [4.78, 5) is 4.85. The van der Waals surface area contributed by atoms with Gasteiger partial charge in [0.25, 0.3) is 0 Å². The SMILES string of the molecule is C=C(Cl)CS(=O)(=O)Cc1nc(-c2cccs2)no1. The first-order valence-corrected chi connectivity index (χ1v) is 7.94. The molecule has 0 saturated carbocycles. The van der Waals surface area contributed by atoms with Gasteiger partial charge in [-0.2, -0.15) is 4.98 Å². The highest BCUT2D eigenvalue weighted by Gasteiger charge is 2.18. The van der Waals surface area contributed by atoms with Crippen molar-refractivity contribution in [3.8, 4) is 10.7 Å². The number of nitrogens with zero attached hydrogens (tertiary/aromatic N) is 2. The van der Waals surface area contributed by atoms with Gasteiger partial charge in [-0.25, -0.2) is 8.42 Å². The molecular weight excluding hydrogens is 296 g/mol. The van der Waals surface area contributed by atoms with Crippen LogP contribution in [0.15, 0.2) is 33.6 Å². The number of hydrogen-bond donors (Lipinski definition) is 0. The molecular formula is C10H9ClN2O3S2. The molecule has 0 fully saturated rings. The van der Waals surface area contributed by atoms with Crippen LogP contribution in [0.4, 0.5) is 0 Å². The maximum absolute atomic E-state index is 11.6. The predicted octanol–water partition coefficient (Wildman–Crippen LogP) is 2.47. The molecule has 8 heteroatoms. The number of hydrogen-bond acceptors (Lipinski definition) is 6. The molecule has 2 heterocycles. The highest BCUT2D eigenvalue weighted by atomic mass is 35.5. The molecule has 0 radical (unpaired) electrons. The molecule has 0 aliphatic carbocycles. The van der Waals surface area contributed by atoms with Crippen molar-refractivity contribution in [2.45, 2.75) is 5.75 Å². The first-order chi connectivity index (χ1) is 8.46. The van der Waals surface area contributed by atoms with Gasteiger partial charge in [0, 0.05) is 5.03 Å². The third-order valence-corrected chi connectivity index (χ3v) is 4.56. The van der Waals surface area contributed by atoms with Crippen molar-refractivity contribution < 1.29 is 12.9 Å². The van der Waals surface area contributed by atoms with E-state index in [0.717, 1.165) is 4.88 Å². The molecule has 0 spiro atoms. The van der Waals surface area contributed by atoms with E-state index in [0.29, 0.717) is 5.82 Å². The fourth-order valence-corrected chi connectivity index (χ4v) is 3.52. The normalized spacial score (nSPS) is 11.6. The van der Waals surface area contributed by atoms with Gasteiger partial charge in [-0.3, -0.25) is 0 Å². The second kappa shape index (κ2) is 5.21. The van der Waals surface area contributed by atoms with E-state index in [1.165, 1.54) is 11.3 Å². The average Bonchev–Trinajstić information content (AvgIpc) is 2.82. The van der Waals surface area contributed by atoms with Crippen LogP contribution >= 0.6 is 22.9 Å². The number of halogens is 1. The van der Waals surface area contributed by atoms with Gasteiger partial charge < -0.3 is 4.52 Å². The zero-order valence-electron chi connectivity index (χ0n) is 9.17. The molecule has 5 nitrogen and oxygen atoms in total. The molecule has 0 saturated heterocycles. The number of aromatic nitrogens is 2. The highest BCUT2D eigenvalue weighted by Crippen LogP contribution is 2.22. The molecule has 0 N–H and O–H groups in total. The summed E-state index contributed by atoms with van der Waals surface area (Å²) < 4.78 is 28.2. The summed E-state index contributed by atoms with van der Waals surface area (Å²) in [5, 5.41) is 5.66. The van der Waals surface area contributed by atoms with Crippen molar-refractivity contribution in [2.24, 2.45) is 0 Å². The molecule has 0 aliphatic heterocycles. The lowest BCUT2D eigenvalue weighted by atomic mass is 10.4. The summed E-state index contributed by atoms with van der Waals surface area (Å²) in [6.45, 7) is 3.35. The van der Waals surface area contributed by atoms with Crippen LogP contribution in [0.3, 0.4) is 0 Å². The van der Waals surface area contributed by atoms with E-state index in [1.807, 2.05) is 17.5 Å². The van der Waals surface area contributed by atoms with Gasteiger partial charge in [0.15, 0.2) is 9.84 Å². The minimum absolute atomic E-state index is 0.0521. The van der Waals surface area contributed by atoms with Crippen molar-refractivity contribution in [3.05, 3.63) is 35.0 Å². The Morgan fingerprint density at radius 1 is 1.56 bits per heavy atom. The fourth-order valence-electron chi connectivity index (χ4n) is 1.30.